The van der Waals surface area contributed by atoms with E-state index in [-0.39, 0.29) is 11.9 Å². The smallest absolute Gasteiger partial charge is 0.270 e. The second kappa shape index (κ2) is 7.15. The molecule has 0 spiro atoms. The van der Waals surface area contributed by atoms with Gasteiger partial charge in [-0.2, -0.15) is 0 Å². The van der Waals surface area contributed by atoms with Crippen molar-refractivity contribution in [2.24, 2.45) is 0 Å². The fourth-order valence-electron chi connectivity index (χ4n) is 3.48. The van der Waals surface area contributed by atoms with E-state index in [0.717, 1.165) is 23.5 Å². The number of fused-ring (bicyclic) bond motifs is 1. The van der Waals surface area contributed by atoms with Crippen LogP contribution < -0.4 is 10.2 Å². The summed E-state index contributed by atoms with van der Waals surface area (Å²) in [6.07, 6.45) is 4.38. The summed E-state index contributed by atoms with van der Waals surface area (Å²) in [6.45, 7) is 4.42. The Balaban J connectivity index is 1.59. The van der Waals surface area contributed by atoms with E-state index in [0.29, 0.717) is 18.1 Å². The van der Waals surface area contributed by atoms with Gasteiger partial charge < -0.3 is 10.2 Å². The van der Waals surface area contributed by atoms with Crippen LogP contribution in [0.1, 0.15) is 34.4 Å². The SMILES string of the molecule is Cc1nc(C(=O)NCc2ccncc2)cc(N2c3ccccc3CC2C)n1. The highest BCUT2D eigenvalue weighted by Crippen LogP contribution is 2.37. The molecule has 3 heterocycles. The van der Waals surface area contributed by atoms with Crippen molar-refractivity contribution in [3.8, 4) is 0 Å². The number of carbonyl (C=O) groups is 1. The molecule has 1 amide bonds. The predicted octanol–water partition coefficient (Wildman–Crippen LogP) is 3.19. The van der Waals surface area contributed by atoms with Crippen molar-refractivity contribution in [3.05, 3.63) is 77.5 Å². The number of aryl methyl sites for hydroxylation is 1. The molecule has 0 saturated heterocycles. The number of carbonyl (C=O) groups excluding carboxylic acids is 1. The fraction of sp³-hybridized carbons (Fsp3) is 0.238. The molecule has 136 valence electrons. The van der Waals surface area contributed by atoms with Gasteiger partial charge in [0, 0.05) is 36.7 Å². The first-order valence-corrected chi connectivity index (χ1v) is 9.02. The van der Waals surface area contributed by atoms with Crippen LogP contribution in [0.15, 0.2) is 54.9 Å². The summed E-state index contributed by atoms with van der Waals surface area (Å²) in [4.78, 5) is 27.7. The number of nitrogens with one attached hydrogen (secondary N) is 1. The van der Waals surface area contributed by atoms with Crippen molar-refractivity contribution in [3.63, 3.8) is 0 Å². The highest BCUT2D eigenvalue weighted by Gasteiger charge is 2.28. The monoisotopic (exact) mass is 359 g/mol. The maximum absolute atomic E-state index is 12.6. The Morgan fingerprint density at radius 1 is 1.19 bits per heavy atom. The van der Waals surface area contributed by atoms with Gasteiger partial charge in [0.2, 0.25) is 0 Å². The quantitative estimate of drug-likeness (QED) is 0.775. The lowest BCUT2D eigenvalue weighted by Gasteiger charge is -2.24. The molecule has 4 rings (SSSR count). The van der Waals surface area contributed by atoms with Crippen LogP contribution in [0.25, 0.3) is 0 Å². The van der Waals surface area contributed by atoms with E-state index < -0.39 is 0 Å². The van der Waals surface area contributed by atoms with E-state index in [1.165, 1.54) is 5.56 Å². The maximum Gasteiger partial charge on any atom is 0.270 e. The first-order chi connectivity index (χ1) is 13.1. The van der Waals surface area contributed by atoms with Crippen LogP contribution >= 0.6 is 0 Å². The summed E-state index contributed by atoms with van der Waals surface area (Å²) in [5.74, 6) is 1.13. The molecule has 0 radical (unpaired) electrons. The number of benzene rings is 1. The molecule has 27 heavy (non-hydrogen) atoms. The Kier molecular flexibility index (Phi) is 4.54. The van der Waals surface area contributed by atoms with Crippen LogP contribution in [0.4, 0.5) is 11.5 Å². The summed E-state index contributed by atoms with van der Waals surface area (Å²) in [6, 6.07) is 14.1. The van der Waals surface area contributed by atoms with E-state index in [4.69, 9.17) is 0 Å². The number of pyridine rings is 1. The summed E-state index contributed by atoms with van der Waals surface area (Å²) < 4.78 is 0. The lowest BCUT2D eigenvalue weighted by molar-refractivity contribution is 0.0945. The first kappa shape index (κ1) is 17.1. The van der Waals surface area contributed by atoms with E-state index in [2.05, 4.69) is 50.3 Å². The fourth-order valence-corrected chi connectivity index (χ4v) is 3.48. The van der Waals surface area contributed by atoms with Crippen LogP contribution in [-0.4, -0.2) is 26.9 Å². The average Bonchev–Trinajstić information content (AvgIpc) is 3.02. The van der Waals surface area contributed by atoms with Gasteiger partial charge in [0.25, 0.3) is 5.91 Å². The minimum absolute atomic E-state index is 0.210. The predicted molar refractivity (Wildman–Crippen MR) is 104 cm³/mol. The van der Waals surface area contributed by atoms with Crippen LogP contribution in [0, 0.1) is 6.92 Å². The number of aromatic nitrogens is 3. The molecular formula is C21H21N5O. The molecule has 1 aliphatic heterocycles. The number of rotatable bonds is 4. The summed E-state index contributed by atoms with van der Waals surface area (Å²) in [7, 11) is 0. The molecule has 6 heteroatoms. The number of hydrogen-bond acceptors (Lipinski definition) is 5. The molecule has 0 aliphatic carbocycles. The summed E-state index contributed by atoms with van der Waals surface area (Å²) >= 11 is 0. The van der Waals surface area contributed by atoms with Gasteiger partial charge in [0.15, 0.2) is 0 Å². The number of hydrogen-bond donors (Lipinski definition) is 1. The second-order valence-electron chi connectivity index (χ2n) is 6.75. The van der Waals surface area contributed by atoms with E-state index in [1.54, 1.807) is 18.5 Å². The standard InChI is InChI=1S/C21H21N5O/c1-14-11-17-5-3-4-6-19(17)26(14)20-12-18(24-15(2)25-20)21(27)23-13-16-7-9-22-10-8-16/h3-10,12,14H,11,13H2,1-2H3,(H,23,27). The topological polar surface area (TPSA) is 71.0 Å². The first-order valence-electron chi connectivity index (χ1n) is 9.02. The van der Waals surface area contributed by atoms with Crippen LogP contribution in [0.2, 0.25) is 0 Å². The lowest BCUT2D eigenvalue weighted by atomic mass is 10.1. The Labute approximate surface area is 158 Å². The zero-order valence-electron chi connectivity index (χ0n) is 15.4. The Morgan fingerprint density at radius 3 is 2.78 bits per heavy atom. The van der Waals surface area contributed by atoms with Gasteiger partial charge in [-0.15, -0.1) is 0 Å². The van der Waals surface area contributed by atoms with Gasteiger partial charge in [-0.1, -0.05) is 18.2 Å². The van der Waals surface area contributed by atoms with E-state index in [1.807, 2.05) is 25.1 Å². The third kappa shape index (κ3) is 3.51. The molecule has 1 atom stereocenters. The van der Waals surface area contributed by atoms with Crippen molar-refractivity contribution in [1.29, 1.82) is 0 Å². The number of nitrogens with zero attached hydrogens (tertiary/aromatic N) is 4. The highest BCUT2D eigenvalue weighted by molar-refractivity contribution is 5.93. The van der Waals surface area contributed by atoms with Crippen molar-refractivity contribution in [1.82, 2.24) is 20.3 Å². The van der Waals surface area contributed by atoms with Crippen molar-refractivity contribution in [2.75, 3.05) is 4.90 Å². The number of anilines is 2. The molecule has 1 aromatic carbocycles. The third-order valence-corrected chi connectivity index (χ3v) is 4.71. The molecule has 0 saturated carbocycles. The van der Waals surface area contributed by atoms with Gasteiger partial charge in [0.1, 0.15) is 17.3 Å². The van der Waals surface area contributed by atoms with Gasteiger partial charge >= 0.3 is 0 Å². The maximum atomic E-state index is 12.6. The lowest BCUT2D eigenvalue weighted by Crippen LogP contribution is -2.28. The molecule has 1 unspecified atom stereocenters. The second-order valence-corrected chi connectivity index (χ2v) is 6.75. The zero-order valence-corrected chi connectivity index (χ0v) is 15.4. The van der Waals surface area contributed by atoms with E-state index >= 15 is 0 Å². The Bertz CT molecular complexity index is 973. The molecule has 3 aromatic rings. The zero-order chi connectivity index (χ0) is 18.8. The van der Waals surface area contributed by atoms with Gasteiger partial charge in [-0.25, -0.2) is 9.97 Å². The molecule has 1 N–H and O–H groups in total. The summed E-state index contributed by atoms with van der Waals surface area (Å²) in [5.41, 5.74) is 3.81. The van der Waals surface area contributed by atoms with Crippen molar-refractivity contribution >= 4 is 17.4 Å². The summed E-state index contributed by atoms with van der Waals surface area (Å²) in [5, 5.41) is 2.92. The van der Waals surface area contributed by atoms with Crippen LogP contribution in [0.3, 0.4) is 0 Å². The molecule has 0 fully saturated rings. The molecule has 0 bridgehead atoms. The molecular weight excluding hydrogens is 338 g/mol. The van der Waals surface area contributed by atoms with Crippen molar-refractivity contribution in [2.45, 2.75) is 32.9 Å². The molecule has 1 aliphatic rings. The van der Waals surface area contributed by atoms with E-state index in [9.17, 15) is 4.79 Å². The van der Waals surface area contributed by atoms with Gasteiger partial charge in [-0.3, -0.25) is 9.78 Å². The Morgan fingerprint density at radius 2 is 1.96 bits per heavy atom. The average molecular weight is 359 g/mol. The third-order valence-electron chi connectivity index (χ3n) is 4.71. The Hall–Kier alpha value is -3.28. The minimum atomic E-state index is -0.210. The number of para-hydroxylation sites is 1. The van der Waals surface area contributed by atoms with Crippen LogP contribution in [0.5, 0.6) is 0 Å². The molecule has 2 aromatic heterocycles. The van der Waals surface area contributed by atoms with Gasteiger partial charge in [-0.05, 0) is 49.6 Å². The number of amides is 1. The van der Waals surface area contributed by atoms with Gasteiger partial charge in [0.05, 0.1) is 0 Å². The largest absolute Gasteiger partial charge is 0.347 e. The highest BCUT2D eigenvalue weighted by atomic mass is 16.1. The van der Waals surface area contributed by atoms with Crippen LogP contribution in [-0.2, 0) is 13.0 Å². The molecule has 6 nitrogen and oxygen atoms in total. The normalized spacial score (nSPS) is 15.5. The minimum Gasteiger partial charge on any atom is -0.347 e. The van der Waals surface area contributed by atoms with Crippen molar-refractivity contribution < 1.29 is 4.79 Å².